The fourth-order valence-electron chi connectivity index (χ4n) is 3.37. The van der Waals surface area contributed by atoms with E-state index < -0.39 is 0 Å². The number of amides is 3. The van der Waals surface area contributed by atoms with Crippen molar-refractivity contribution in [2.45, 2.75) is 32.4 Å². The van der Waals surface area contributed by atoms with Gasteiger partial charge in [0, 0.05) is 25.8 Å². The first-order chi connectivity index (χ1) is 13.6. The van der Waals surface area contributed by atoms with E-state index in [9.17, 15) is 9.59 Å². The molecule has 0 aliphatic carbocycles. The van der Waals surface area contributed by atoms with Gasteiger partial charge in [0.2, 0.25) is 5.91 Å². The maximum Gasteiger partial charge on any atom is 0.319 e. The molecule has 0 bridgehead atoms. The minimum atomic E-state index is -0.246. The highest BCUT2D eigenvalue weighted by Crippen LogP contribution is 2.14. The largest absolute Gasteiger partial charge is 0.359 e. The van der Waals surface area contributed by atoms with Crippen LogP contribution in [-0.4, -0.2) is 37.0 Å². The second-order valence-corrected chi connectivity index (χ2v) is 7.16. The van der Waals surface area contributed by atoms with Crippen LogP contribution in [0.15, 0.2) is 48.5 Å². The summed E-state index contributed by atoms with van der Waals surface area (Å²) in [5.74, 6) is -0.0367. The second kappa shape index (κ2) is 9.90. The van der Waals surface area contributed by atoms with Crippen LogP contribution in [0.3, 0.4) is 0 Å². The Morgan fingerprint density at radius 1 is 0.964 bits per heavy atom. The summed E-state index contributed by atoms with van der Waals surface area (Å²) in [6.45, 7) is 3.80. The van der Waals surface area contributed by atoms with Crippen molar-refractivity contribution in [3.63, 3.8) is 0 Å². The fraction of sp³-hybridized carbons (Fsp3) is 0.364. The number of hydrogen-bond donors (Lipinski definition) is 3. The van der Waals surface area contributed by atoms with Crippen molar-refractivity contribution in [3.05, 3.63) is 65.2 Å². The summed E-state index contributed by atoms with van der Waals surface area (Å²) >= 11 is 0. The summed E-state index contributed by atoms with van der Waals surface area (Å²) in [6.07, 6.45) is 2.90. The Kier molecular flexibility index (Phi) is 7.03. The van der Waals surface area contributed by atoms with Crippen LogP contribution in [0.2, 0.25) is 0 Å². The van der Waals surface area contributed by atoms with Gasteiger partial charge in [-0.3, -0.25) is 9.69 Å². The third kappa shape index (κ3) is 6.09. The van der Waals surface area contributed by atoms with Crippen molar-refractivity contribution >= 4 is 17.6 Å². The molecule has 1 saturated heterocycles. The van der Waals surface area contributed by atoms with Gasteiger partial charge in [0.25, 0.3) is 0 Å². The molecule has 1 aliphatic rings. The first kappa shape index (κ1) is 19.9. The molecule has 6 heteroatoms. The molecular weight excluding hydrogens is 352 g/mol. The molecule has 6 nitrogen and oxygen atoms in total. The molecule has 3 rings (SSSR count). The number of likely N-dealkylation sites (tertiary alicyclic amines) is 1. The van der Waals surface area contributed by atoms with Crippen molar-refractivity contribution in [1.29, 1.82) is 0 Å². The summed E-state index contributed by atoms with van der Waals surface area (Å²) in [5.41, 5.74) is 3.97. The monoisotopic (exact) mass is 380 g/mol. The summed E-state index contributed by atoms with van der Waals surface area (Å²) in [5, 5.41) is 8.31. The molecule has 28 heavy (non-hydrogen) atoms. The lowest BCUT2D eigenvalue weighted by molar-refractivity contribution is -0.119. The maximum atomic E-state index is 12.2. The molecule has 0 spiro atoms. The van der Waals surface area contributed by atoms with Gasteiger partial charge in [-0.2, -0.15) is 0 Å². The predicted molar refractivity (Wildman–Crippen MR) is 111 cm³/mol. The van der Waals surface area contributed by atoms with Gasteiger partial charge in [-0.1, -0.05) is 36.4 Å². The van der Waals surface area contributed by atoms with Crippen LogP contribution in [0.4, 0.5) is 10.5 Å². The van der Waals surface area contributed by atoms with Crippen LogP contribution in [0.25, 0.3) is 0 Å². The van der Waals surface area contributed by atoms with E-state index in [1.165, 1.54) is 31.5 Å². The Labute approximate surface area is 166 Å². The number of anilines is 1. The number of benzene rings is 2. The Balaban J connectivity index is 1.46. The third-order valence-electron chi connectivity index (χ3n) is 4.90. The van der Waals surface area contributed by atoms with Crippen molar-refractivity contribution in [3.8, 4) is 0 Å². The summed E-state index contributed by atoms with van der Waals surface area (Å²) < 4.78 is 0. The lowest BCUT2D eigenvalue weighted by Crippen LogP contribution is -2.28. The van der Waals surface area contributed by atoms with Gasteiger partial charge in [-0.15, -0.1) is 0 Å². The van der Waals surface area contributed by atoms with Crippen LogP contribution in [0.5, 0.6) is 0 Å². The molecule has 148 valence electrons. The Bertz CT molecular complexity index is 798. The van der Waals surface area contributed by atoms with Crippen LogP contribution in [0.1, 0.15) is 29.5 Å². The van der Waals surface area contributed by atoms with E-state index in [1.807, 2.05) is 24.3 Å². The first-order valence-electron chi connectivity index (χ1n) is 9.77. The van der Waals surface area contributed by atoms with Gasteiger partial charge >= 0.3 is 6.03 Å². The Morgan fingerprint density at radius 2 is 1.68 bits per heavy atom. The number of nitrogens with one attached hydrogen (secondary N) is 3. The molecular formula is C22H28N4O2. The molecule has 3 amide bonds. The lowest BCUT2D eigenvalue weighted by Gasteiger charge is -2.15. The van der Waals surface area contributed by atoms with Gasteiger partial charge in [0.05, 0.1) is 6.42 Å². The molecule has 2 aromatic carbocycles. The van der Waals surface area contributed by atoms with Gasteiger partial charge in [0.15, 0.2) is 0 Å². The van der Waals surface area contributed by atoms with E-state index in [0.29, 0.717) is 18.7 Å². The second-order valence-electron chi connectivity index (χ2n) is 7.16. The Morgan fingerprint density at radius 3 is 2.39 bits per heavy atom. The highest BCUT2D eigenvalue weighted by Gasteiger charge is 2.12. The van der Waals surface area contributed by atoms with Gasteiger partial charge < -0.3 is 16.0 Å². The highest BCUT2D eigenvalue weighted by molar-refractivity contribution is 5.89. The number of urea groups is 1. The van der Waals surface area contributed by atoms with E-state index in [4.69, 9.17) is 0 Å². The van der Waals surface area contributed by atoms with Crippen molar-refractivity contribution < 1.29 is 9.59 Å². The number of likely N-dealkylation sites (N-methyl/N-ethyl adjacent to an activating group) is 1. The zero-order valence-electron chi connectivity index (χ0n) is 16.3. The zero-order valence-corrected chi connectivity index (χ0v) is 16.3. The predicted octanol–water partition coefficient (Wildman–Crippen LogP) is 2.89. The molecule has 0 radical (unpaired) electrons. The average Bonchev–Trinajstić information content (AvgIpc) is 3.21. The molecule has 0 saturated carbocycles. The summed E-state index contributed by atoms with van der Waals surface area (Å²) in [7, 11) is 1.62. The molecule has 0 atom stereocenters. The van der Waals surface area contributed by atoms with Crippen molar-refractivity contribution in [1.82, 2.24) is 15.5 Å². The number of carbonyl (C=O) groups is 2. The van der Waals surface area contributed by atoms with Crippen molar-refractivity contribution in [2.24, 2.45) is 0 Å². The standard InChI is InChI=1S/C22H28N4O2/c1-23-21(27)14-17-7-9-20(10-8-17)25-22(28)24-15-18-5-4-6-19(13-18)16-26-11-2-3-12-26/h4-10,13H,2-3,11-12,14-16H2,1H3,(H,23,27)(H2,24,25,28). The van der Waals surface area contributed by atoms with Gasteiger partial charge in [-0.05, 0) is 54.8 Å². The van der Waals surface area contributed by atoms with E-state index in [1.54, 1.807) is 19.2 Å². The molecule has 1 aliphatic heterocycles. The average molecular weight is 380 g/mol. The minimum Gasteiger partial charge on any atom is -0.359 e. The smallest absolute Gasteiger partial charge is 0.319 e. The molecule has 0 unspecified atom stereocenters. The molecule has 0 aromatic heterocycles. The van der Waals surface area contributed by atoms with E-state index in [0.717, 1.165) is 17.7 Å². The SMILES string of the molecule is CNC(=O)Cc1ccc(NC(=O)NCc2cccc(CN3CCCC3)c2)cc1. The zero-order chi connectivity index (χ0) is 19.8. The maximum absolute atomic E-state index is 12.2. The summed E-state index contributed by atoms with van der Waals surface area (Å²) in [4.78, 5) is 26.0. The number of nitrogens with zero attached hydrogens (tertiary/aromatic N) is 1. The molecule has 2 aromatic rings. The van der Waals surface area contributed by atoms with Crippen LogP contribution >= 0.6 is 0 Å². The number of rotatable bonds is 7. The van der Waals surface area contributed by atoms with Crippen LogP contribution in [-0.2, 0) is 24.3 Å². The van der Waals surface area contributed by atoms with Crippen LogP contribution in [0, 0.1) is 0 Å². The van der Waals surface area contributed by atoms with Crippen molar-refractivity contribution in [2.75, 3.05) is 25.5 Å². The Hall–Kier alpha value is -2.86. The van der Waals surface area contributed by atoms with Crippen LogP contribution < -0.4 is 16.0 Å². The quantitative estimate of drug-likeness (QED) is 0.692. The number of hydrogen-bond acceptors (Lipinski definition) is 3. The van der Waals surface area contributed by atoms with Gasteiger partial charge in [0.1, 0.15) is 0 Å². The van der Waals surface area contributed by atoms with E-state index >= 15 is 0 Å². The first-order valence-corrected chi connectivity index (χ1v) is 9.77. The minimum absolute atomic E-state index is 0.0367. The molecule has 1 heterocycles. The third-order valence-corrected chi connectivity index (χ3v) is 4.90. The normalized spacial score (nSPS) is 13.9. The molecule has 1 fully saturated rings. The topological polar surface area (TPSA) is 73.5 Å². The highest BCUT2D eigenvalue weighted by atomic mass is 16.2. The summed E-state index contributed by atoms with van der Waals surface area (Å²) in [6, 6.07) is 15.4. The van der Waals surface area contributed by atoms with E-state index in [-0.39, 0.29) is 11.9 Å². The van der Waals surface area contributed by atoms with E-state index in [2.05, 4.69) is 33.0 Å². The lowest BCUT2D eigenvalue weighted by atomic mass is 10.1. The fourth-order valence-corrected chi connectivity index (χ4v) is 3.37. The number of carbonyl (C=O) groups excluding carboxylic acids is 2. The van der Waals surface area contributed by atoms with Gasteiger partial charge in [-0.25, -0.2) is 4.79 Å². The molecule has 3 N–H and O–H groups in total.